The molecular weight excluding hydrogens is 650 g/mol. The van der Waals surface area contributed by atoms with E-state index in [0.29, 0.717) is 13.1 Å². The number of nitrogens with zero attached hydrogens (tertiary/aromatic N) is 2. The summed E-state index contributed by atoms with van der Waals surface area (Å²) >= 11 is 4.55. The molecular formula is C18H26I2N6O4S. The van der Waals surface area contributed by atoms with Crippen LogP contribution >= 0.6 is 45.2 Å². The molecule has 13 heteroatoms. The minimum atomic E-state index is -4.67. The zero-order chi connectivity index (χ0) is 23.9. The summed E-state index contributed by atoms with van der Waals surface area (Å²) in [5.74, 6) is 0.316. The third-order valence-electron chi connectivity index (χ3n) is 3.22. The highest BCUT2D eigenvalue weighted by molar-refractivity contribution is 14.1. The Morgan fingerprint density at radius 2 is 0.968 bits per heavy atom. The molecule has 0 unspecified atom stereocenters. The van der Waals surface area contributed by atoms with Gasteiger partial charge in [0.15, 0.2) is 11.9 Å². The van der Waals surface area contributed by atoms with Crippen LogP contribution in [0.3, 0.4) is 0 Å². The van der Waals surface area contributed by atoms with Crippen LogP contribution in [-0.4, -0.2) is 42.5 Å². The lowest BCUT2D eigenvalue weighted by Crippen LogP contribution is -2.23. The maximum Gasteiger partial charge on any atom is 0.394 e. The molecule has 10 nitrogen and oxygen atoms in total. The molecule has 0 aliphatic carbocycles. The Morgan fingerprint density at radius 1 is 0.710 bits per heavy atom. The highest BCUT2D eigenvalue weighted by Gasteiger charge is 1.92. The van der Waals surface area contributed by atoms with E-state index in [1.807, 2.05) is 0 Å². The molecule has 2 aromatic carbocycles. The van der Waals surface area contributed by atoms with E-state index in [-0.39, 0.29) is 11.9 Å². The lowest BCUT2D eigenvalue weighted by molar-refractivity contribution is 0.381. The second kappa shape index (κ2) is 16.0. The maximum absolute atomic E-state index is 8.74. The van der Waals surface area contributed by atoms with Gasteiger partial charge >= 0.3 is 10.4 Å². The number of halogens is 2. The summed E-state index contributed by atoms with van der Waals surface area (Å²) in [5.41, 5.74) is 23.3. The lowest BCUT2D eigenvalue weighted by atomic mass is 10.2. The smallest absolute Gasteiger partial charge is 0.370 e. The second-order valence-corrected chi connectivity index (χ2v) is 9.20. The van der Waals surface area contributed by atoms with Gasteiger partial charge in [-0.05, 0) is 93.4 Å². The van der Waals surface area contributed by atoms with Crippen LogP contribution in [0, 0.1) is 7.14 Å². The van der Waals surface area contributed by atoms with Gasteiger partial charge in [-0.25, -0.2) is 0 Å². The number of aliphatic imine (C=N–C) groups is 2. The Hall–Kier alpha value is -1.69. The fraction of sp³-hybridized carbons (Fsp3) is 0.222. The Kier molecular flexibility index (Phi) is 15.1. The zero-order valence-corrected chi connectivity index (χ0v) is 21.7. The Balaban J connectivity index is 0.000000479. The lowest BCUT2D eigenvalue weighted by Gasteiger charge is -1.98. The van der Waals surface area contributed by atoms with E-state index in [0.717, 1.165) is 12.8 Å². The molecule has 0 aliphatic rings. The van der Waals surface area contributed by atoms with Crippen molar-refractivity contribution in [3.05, 3.63) is 66.8 Å². The van der Waals surface area contributed by atoms with Crippen LogP contribution in [0.25, 0.3) is 0 Å². The van der Waals surface area contributed by atoms with Gasteiger partial charge in [0, 0.05) is 20.2 Å². The molecule has 0 radical (unpaired) electrons. The van der Waals surface area contributed by atoms with Crippen molar-refractivity contribution in [2.24, 2.45) is 32.9 Å². The van der Waals surface area contributed by atoms with Crippen molar-refractivity contribution < 1.29 is 17.5 Å². The summed E-state index contributed by atoms with van der Waals surface area (Å²) in [5, 5.41) is 0. The molecule has 0 amide bonds. The quantitative estimate of drug-likeness (QED) is 0.114. The first kappa shape index (κ1) is 29.3. The second-order valence-electron chi connectivity index (χ2n) is 5.81. The summed E-state index contributed by atoms with van der Waals surface area (Å²) in [4.78, 5) is 7.83. The van der Waals surface area contributed by atoms with Gasteiger partial charge < -0.3 is 22.9 Å². The highest BCUT2D eigenvalue weighted by Crippen LogP contribution is 2.08. The van der Waals surface area contributed by atoms with Gasteiger partial charge in [-0.3, -0.25) is 19.1 Å². The number of guanidine groups is 2. The number of hydrogen-bond acceptors (Lipinski definition) is 4. The largest absolute Gasteiger partial charge is 0.394 e. The van der Waals surface area contributed by atoms with E-state index >= 15 is 0 Å². The minimum Gasteiger partial charge on any atom is -0.370 e. The van der Waals surface area contributed by atoms with E-state index in [4.69, 9.17) is 40.5 Å². The molecule has 0 saturated heterocycles. The topological polar surface area (TPSA) is 203 Å². The molecule has 0 fully saturated rings. The van der Waals surface area contributed by atoms with Crippen LogP contribution in [0.4, 0.5) is 0 Å². The van der Waals surface area contributed by atoms with Crippen LogP contribution in [-0.2, 0) is 23.2 Å². The molecule has 0 heterocycles. The van der Waals surface area contributed by atoms with Crippen molar-refractivity contribution in [3.63, 3.8) is 0 Å². The molecule has 0 aliphatic heterocycles. The summed E-state index contributed by atoms with van der Waals surface area (Å²) in [7, 11) is -4.67. The predicted octanol–water partition coefficient (Wildman–Crippen LogP) is 1.56. The van der Waals surface area contributed by atoms with Crippen LogP contribution < -0.4 is 22.9 Å². The van der Waals surface area contributed by atoms with E-state index in [9.17, 15) is 0 Å². The monoisotopic (exact) mass is 676 g/mol. The Labute approximate surface area is 209 Å². The van der Waals surface area contributed by atoms with Crippen LogP contribution in [0.5, 0.6) is 0 Å². The predicted molar refractivity (Wildman–Crippen MR) is 141 cm³/mol. The summed E-state index contributed by atoms with van der Waals surface area (Å²) in [6.07, 6.45) is 1.77. The van der Waals surface area contributed by atoms with Crippen molar-refractivity contribution in [1.29, 1.82) is 0 Å². The van der Waals surface area contributed by atoms with Gasteiger partial charge in [-0.2, -0.15) is 8.42 Å². The van der Waals surface area contributed by atoms with Crippen molar-refractivity contribution in [2.45, 2.75) is 12.8 Å². The average Bonchev–Trinajstić information content (AvgIpc) is 2.64. The number of hydrogen-bond donors (Lipinski definition) is 6. The van der Waals surface area contributed by atoms with Crippen LogP contribution in [0.2, 0.25) is 0 Å². The third-order valence-corrected chi connectivity index (χ3v) is 4.65. The van der Waals surface area contributed by atoms with Gasteiger partial charge in [0.25, 0.3) is 0 Å². The van der Waals surface area contributed by atoms with Crippen molar-refractivity contribution in [2.75, 3.05) is 13.1 Å². The van der Waals surface area contributed by atoms with Gasteiger partial charge in [-0.15, -0.1) is 0 Å². The number of nitrogens with two attached hydrogens (primary N) is 4. The molecule has 0 aromatic heterocycles. The van der Waals surface area contributed by atoms with Gasteiger partial charge in [0.1, 0.15) is 0 Å². The summed E-state index contributed by atoms with van der Waals surface area (Å²) < 4.78 is 34.1. The molecule has 2 aromatic rings. The molecule has 0 atom stereocenters. The highest BCUT2D eigenvalue weighted by atomic mass is 127. The Morgan fingerprint density at radius 3 is 1.19 bits per heavy atom. The van der Waals surface area contributed by atoms with Crippen LogP contribution in [0.15, 0.2) is 58.5 Å². The van der Waals surface area contributed by atoms with Gasteiger partial charge in [0.2, 0.25) is 0 Å². The zero-order valence-electron chi connectivity index (χ0n) is 16.5. The standard InChI is InChI=1S/2C9H12IN3.H2O4S/c2*10-8-3-1-7(2-4-8)5-6-13-9(11)12;1-5(2,3)4/h2*1-4H,5-6H2,(H4,11,12,13);(H2,1,2,3,4). The van der Waals surface area contributed by atoms with E-state index in [1.54, 1.807) is 0 Å². The number of benzene rings is 2. The SMILES string of the molecule is NC(N)=NCCc1ccc(I)cc1.NC(N)=NCCc1ccc(I)cc1.O=S(=O)(O)O. The maximum atomic E-state index is 8.74. The van der Waals surface area contributed by atoms with E-state index in [2.05, 4.69) is 104 Å². The summed E-state index contributed by atoms with van der Waals surface area (Å²) in [6.45, 7) is 1.31. The molecule has 172 valence electrons. The molecule has 10 N–H and O–H groups in total. The van der Waals surface area contributed by atoms with E-state index < -0.39 is 10.4 Å². The van der Waals surface area contributed by atoms with Gasteiger partial charge in [-0.1, -0.05) is 24.3 Å². The average molecular weight is 676 g/mol. The van der Waals surface area contributed by atoms with E-state index in [1.165, 1.54) is 18.3 Å². The Bertz CT molecular complexity index is 857. The fourth-order valence-corrected chi connectivity index (χ4v) is 2.65. The van der Waals surface area contributed by atoms with Gasteiger partial charge in [0.05, 0.1) is 0 Å². The fourth-order valence-electron chi connectivity index (χ4n) is 1.93. The molecule has 0 spiro atoms. The first-order valence-corrected chi connectivity index (χ1v) is 12.2. The number of rotatable bonds is 6. The van der Waals surface area contributed by atoms with Crippen molar-refractivity contribution in [1.82, 2.24) is 0 Å². The molecule has 0 saturated carbocycles. The van der Waals surface area contributed by atoms with Crippen molar-refractivity contribution >= 4 is 67.5 Å². The molecule has 2 rings (SSSR count). The first-order valence-electron chi connectivity index (χ1n) is 8.66. The molecule has 0 bridgehead atoms. The third kappa shape index (κ3) is 21.3. The van der Waals surface area contributed by atoms with Crippen LogP contribution in [0.1, 0.15) is 11.1 Å². The first-order chi connectivity index (χ1) is 14.4. The molecule has 31 heavy (non-hydrogen) atoms. The normalized spacial score (nSPS) is 9.94. The minimum absolute atomic E-state index is 0.158. The summed E-state index contributed by atoms with van der Waals surface area (Å²) in [6, 6.07) is 16.6. The van der Waals surface area contributed by atoms with Crippen molar-refractivity contribution in [3.8, 4) is 0 Å².